The van der Waals surface area contributed by atoms with Gasteiger partial charge in [-0.1, -0.05) is 42.5 Å². The van der Waals surface area contributed by atoms with E-state index in [0.29, 0.717) is 43.1 Å². The van der Waals surface area contributed by atoms with Crippen LogP contribution in [0.1, 0.15) is 9.67 Å². The van der Waals surface area contributed by atoms with E-state index >= 15 is 0 Å². The highest BCUT2D eigenvalue weighted by Gasteiger charge is 2.24. The molecule has 0 aliphatic carbocycles. The zero-order valence-electron chi connectivity index (χ0n) is 22.0. The van der Waals surface area contributed by atoms with E-state index in [9.17, 15) is 9.18 Å². The van der Waals surface area contributed by atoms with Gasteiger partial charge in [0.1, 0.15) is 15.5 Å². The van der Waals surface area contributed by atoms with Gasteiger partial charge in [-0.2, -0.15) is 0 Å². The van der Waals surface area contributed by atoms with Crippen molar-refractivity contribution in [3.8, 4) is 45.1 Å². The number of para-hydroxylation sites is 1. The fraction of sp³-hybridized carbons (Fsp3) is 0.0645. The molecule has 41 heavy (non-hydrogen) atoms. The maximum atomic E-state index is 13.5. The number of thiazole rings is 1. The minimum Gasteiger partial charge on any atom is -0.493 e. The highest BCUT2D eigenvalue weighted by Crippen LogP contribution is 2.46. The lowest BCUT2D eigenvalue weighted by Gasteiger charge is -2.15. The molecule has 0 unspecified atom stereocenters. The molecule has 7 nitrogen and oxygen atoms in total. The average Bonchev–Trinajstić information content (AvgIpc) is 3.61. The Morgan fingerprint density at radius 1 is 0.878 bits per heavy atom. The fourth-order valence-electron chi connectivity index (χ4n) is 4.60. The number of benzene rings is 3. The van der Waals surface area contributed by atoms with E-state index in [1.54, 1.807) is 31.7 Å². The molecule has 6 rings (SSSR count). The Kier molecular flexibility index (Phi) is 7.08. The maximum absolute atomic E-state index is 13.5. The number of hydrogen-bond acceptors (Lipinski definition) is 8. The Morgan fingerprint density at radius 2 is 1.63 bits per heavy atom. The van der Waals surface area contributed by atoms with Gasteiger partial charge in [-0.15, -0.1) is 22.7 Å². The van der Waals surface area contributed by atoms with Crippen molar-refractivity contribution >= 4 is 49.6 Å². The second-order valence-electron chi connectivity index (χ2n) is 8.99. The third-order valence-corrected chi connectivity index (χ3v) is 8.39. The Bertz CT molecular complexity index is 1890. The lowest BCUT2D eigenvalue weighted by molar-refractivity contribution is 0.103. The molecule has 0 spiro atoms. The van der Waals surface area contributed by atoms with Gasteiger partial charge in [-0.05, 0) is 36.4 Å². The van der Waals surface area contributed by atoms with Crippen LogP contribution < -0.4 is 20.5 Å². The largest absolute Gasteiger partial charge is 0.493 e. The van der Waals surface area contributed by atoms with E-state index in [-0.39, 0.29) is 5.82 Å². The van der Waals surface area contributed by atoms with Gasteiger partial charge in [0.05, 0.1) is 31.3 Å². The summed E-state index contributed by atoms with van der Waals surface area (Å²) in [7, 11) is 3.17. The van der Waals surface area contributed by atoms with Crippen molar-refractivity contribution in [1.29, 1.82) is 0 Å². The SMILES string of the molecule is COc1cccc(-c2cc(-c3ccccc3)nc3sc(C(=O)Nc4nc(-c5ccc(F)cc5)cs4)c(N)c23)c1OC. The van der Waals surface area contributed by atoms with Crippen molar-refractivity contribution in [2.75, 3.05) is 25.3 Å². The van der Waals surface area contributed by atoms with Crippen molar-refractivity contribution in [3.63, 3.8) is 0 Å². The molecule has 0 atom stereocenters. The molecule has 0 saturated heterocycles. The number of rotatable bonds is 7. The van der Waals surface area contributed by atoms with E-state index in [1.165, 1.54) is 34.8 Å². The van der Waals surface area contributed by atoms with Crippen LogP contribution in [-0.4, -0.2) is 30.1 Å². The summed E-state index contributed by atoms with van der Waals surface area (Å²) in [6.07, 6.45) is 0. The molecule has 204 valence electrons. The van der Waals surface area contributed by atoms with Gasteiger partial charge >= 0.3 is 0 Å². The van der Waals surface area contributed by atoms with Crippen LogP contribution in [0.3, 0.4) is 0 Å². The number of methoxy groups -OCH3 is 2. The number of carbonyl (C=O) groups is 1. The number of carbonyl (C=O) groups excluding carboxylic acids is 1. The Morgan fingerprint density at radius 3 is 2.37 bits per heavy atom. The van der Waals surface area contributed by atoms with Crippen molar-refractivity contribution in [3.05, 3.63) is 94.9 Å². The van der Waals surface area contributed by atoms with Gasteiger partial charge in [0, 0.05) is 33.0 Å². The summed E-state index contributed by atoms with van der Waals surface area (Å²) in [5.74, 6) is 0.404. The molecule has 0 fully saturated rings. The predicted octanol–water partition coefficient (Wildman–Crippen LogP) is 7.74. The molecule has 0 bridgehead atoms. The number of nitrogen functional groups attached to an aromatic ring is 1. The Labute approximate surface area is 243 Å². The zero-order chi connectivity index (χ0) is 28.5. The zero-order valence-corrected chi connectivity index (χ0v) is 23.6. The van der Waals surface area contributed by atoms with Crippen LogP contribution in [0.15, 0.2) is 84.2 Å². The van der Waals surface area contributed by atoms with Crippen molar-refractivity contribution < 1.29 is 18.7 Å². The van der Waals surface area contributed by atoms with Gasteiger partial charge < -0.3 is 15.2 Å². The van der Waals surface area contributed by atoms with Gasteiger partial charge in [0.2, 0.25) is 0 Å². The Hall–Kier alpha value is -4.80. The molecule has 0 aliphatic heterocycles. The highest BCUT2D eigenvalue weighted by atomic mass is 32.1. The van der Waals surface area contributed by atoms with Crippen LogP contribution in [0.2, 0.25) is 0 Å². The van der Waals surface area contributed by atoms with Crippen molar-refractivity contribution in [2.24, 2.45) is 0 Å². The third kappa shape index (κ3) is 4.99. The second kappa shape index (κ2) is 11.0. The molecular weight excluding hydrogens is 559 g/mol. The summed E-state index contributed by atoms with van der Waals surface area (Å²) < 4.78 is 24.6. The molecule has 1 amide bonds. The van der Waals surface area contributed by atoms with E-state index in [4.69, 9.17) is 20.2 Å². The molecule has 3 heterocycles. The lowest BCUT2D eigenvalue weighted by Crippen LogP contribution is -2.11. The molecular formula is C31H23FN4O3S2. The molecule has 3 aromatic carbocycles. The topological polar surface area (TPSA) is 99.4 Å². The van der Waals surface area contributed by atoms with Crippen LogP contribution in [0, 0.1) is 5.82 Å². The van der Waals surface area contributed by atoms with Gasteiger partial charge in [-0.25, -0.2) is 14.4 Å². The smallest absolute Gasteiger partial charge is 0.269 e. The van der Waals surface area contributed by atoms with Crippen molar-refractivity contribution in [1.82, 2.24) is 9.97 Å². The molecule has 0 aliphatic rings. The van der Waals surface area contributed by atoms with Crippen molar-refractivity contribution in [2.45, 2.75) is 0 Å². The highest BCUT2D eigenvalue weighted by molar-refractivity contribution is 7.21. The van der Waals surface area contributed by atoms with Crippen LogP contribution in [-0.2, 0) is 0 Å². The summed E-state index contributed by atoms with van der Waals surface area (Å²) in [4.78, 5) is 23.8. The predicted molar refractivity (Wildman–Crippen MR) is 163 cm³/mol. The molecule has 0 saturated carbocycles. The van der Waals surface area contributed by atoms with Gasteiger partial charge in [0.25, 0.3) is 5.91 Å². The number of hydrogen-bond donors (Lipinski definition) is 2. The maximum Gasteiger partial charge on any atom is 0.269 e. The molecule has 3 aromatic heterocycles. The minimum atomic E-state index is -0.393. The van der Waals surface area contributed by atoms with E-state index < -0.39 is 5.91 Å². The summed E-state index contributed by atoms with van der Waals surface area (Å²) in [6.45, 7) is 0. The first-order valence-corrected chi connectivity index (χ1v) is 14.2. The first-order valence-electron chi connectivity index (χ1n) is 12.5. The summed E-state index contributed by atoms with van der Waals surface area (Å²) >= 11 is 2.49. The normalized spacial score (nSPS) is 11.0. The molecule has 10 heteroatoms. The summed E-state index contributed by atoms with van der Waals surface area (Å²) in [5, 5.41) is 5.72. The average molecular weight is 583 g/mol. The number of halogens is 1. The van der Waals surface area contributed by atoms with Gasteiger partial charge in [-0.3, -0.25) is 10.1 Å². The van der Waals surface area contributed by atoms with E-state index in [2.05, 4.69) is 10.3 Å². The first-order chi connectivity index (χ1) is 20.0. The Balaban J connectivity index is 1.45. The van der Waals surface area contributed by atoms with Crippen LogP contribution in [0.4, 0.5) is 15.2 Å². The minimum absolute atomic E-state index is 0.310. The van der Waals surface area contributed by atoms with E-state index in [0.717, 1.165) is 27.9 Å². The number of anilines is 2. The van der Waals surface area contributed by atoms with Crippen LogP contribution in [0.25, 0.3) is 43.9 Å². The molecule has 6 aromatic rings. The second-order valence-corrected chi connectivity index (χ2v) is 10.8. The lowest BCUT2D eigenvalue weighted by atomic mass is 9.98. The number of aromatic nitrogens is 2. The fourth-order valence-corrected chi connectivity index (χ4v) is 6.33. The molecule has 3 N–H and O–H groups in total. The third-order valence-electron chi connectivity index (χ3n) is 6.53. The van der Waals surface area contributed by atoms with Crippen LogP contribution >= 0.6 is 22.7 Å². The number of amides is 1. The number of nitrogens with two attached hydrogens (primary N) is 1. The summed E-state index contributed by atoms with van der Waals surface area (Å²) in [5.41, 5.74) is 11.6. The number of thiophene rings is 1. The number of fused-ring (bicyclic) bond motifs is 1. The first kappa shape index (κ1) is 26.4. The number of nitrogens with one attached hydrogen (secondary N) is 1. The van der Waals surface area contributed by atoms with Gasteiger partial charge in [0.15, 0.2) is 16.6 Å². The quantitative estimate of drug-likeness (QED) is 0.200. The monoisotopic (exact) mass is 582 g/mol. The standard InChI is InChI=1S/C31H23FN4O3S2/c1-38-24-10-6-9-20(27(24)39-2)21-15-22(17-7-4-3-5-8-17)34-30-25(21)26(33)28(41-30)29(37)36-31-35-23(16-40-31)18-11-13-19(32)14-12-18/h3-16H,33H2,1-2H3,(H,35,36,37). The number of ether oxygens (including phenoxy) is 2. The van der Waals surface area contributed by atoms with Crippen LogP contribution in [0.5, 0.6) is 11.5 Å². The molecule has 0 radical (unpaired) electrons. The van der Waals surface area contributed by atoms with E-state index in [1.807, 2.05) is 54.6 Å². The number of pyridine rings is 1. The summed E-state index contributed by atoms with van der Waals surface area (Å²) in [6, 6.07) is 23.4. The number of nitrogens with zero attached hydrogens (tertiary/aromatic N) is 2.